The molecule has 92 valence electrons. The average molecular weight is 234 g/mol. The van der Waals surface area contributed by atoms with E-state index in [2.05, 4.69) is 12.1 Å². The minimum absolute atomic E-state index is 0.196. The zero-order valence-electron chi connectivity index (χ0n) is 10.1. The number of fused-ring (bicyclic) bond motifs is 1. The van der Waals surface area contributed by atoms with E-state index in [-0.39, 0.29) is 6.10 Å². The molecule has 2 aliphatic rings. The van der Waals surface area contributed by atoms with Crippen molar-refractivity contribution >= 4 is 0 Å². The second kappa shape index (κ2) is 4.67. The Bertz CT molecular complexity index is 374. The molecule has 3 rings (SSSR count). The molecule has 0 amide bonds. The van der Waals surface area contributed by atoms with Crippen LogP contribution in [0.4, 0.5) is 0 Å². The number of hydrogen-bond acceptors (Lipinski definition) is 3. The Labute approximate surface area is 102 Å². The van der Waals surface area contributed by atoms with Crippen molar-refractivity contribution in [1.29, 1.82) is 0 Å². The van der Waals surface area contributed by atoms with Crippen molar-refractivity contribution in [2.75, 3.05) is 20.3 Å². The van der Waals surface area contributed by atoms with Crippen LogP contribution in [0.25, 0.3) is 0 Å². The van der Waals surface area contributed by atoms with E-state index in [9.17, 15) is 0 Å². The van der Waals surface area contributed by atoms with E-state index in [0.717, 1.165) is 31.8 Å². The maximum Gasteiger partial charge on any atom is 0.118 e. The Morgan fingerprint density at radius 3 is 2.59 bits per heavy atom. The molecule has 0 spiro atoms. The van der Waals surface area contributed by atoms with Crippen molar-refractivity contribution in [3.8, 4) is 5.75 Å². The third-order valence-electron chi connectivity index (χ3n) is 3.79. The summed E-state index contributed by atoms with van der Waals surface area (Å²) in [6.07, 6.45) is 2.75. The molecule has 0 bridgehead atoms. The normalized spacial score (nSPS) is 32.2. The van der Waals surface area contributed by atoms with Crippen LogP contribution in [0, 0.1) is 5.92 Å². The summed E-state index contributed by atoms with van der Waals surface area (Å²) in [6.45, 7) is 1.68. The van der Waals surface area contributed by atoms with Gasteiger partial charge in [0.25, 0.3) is 0 Å². The van der Waals surface area contributed by atoms with Crippen molar-refractivity contribution in [3.05, 3.63) is 29.8 Å². The van der Waals surface area contributed by atoms with Gasteiger partial charge in [0, 0.05) is 19.1 Å². The molecule has 2 aliphatic heterocycles. The molecule has 2 heterocycles. The first-order valence-corrected chi connectivity index (χ1v) is 6.25. The maximum atomic E-state index is 5.93. The summed E-state index contributed by atoms with van der Waals surface area (Å²) < 4.78 is 16.9. The number of rotatable bonds is 2. The summed E-state index contributed by atoms with van der Waals surface area (Å²) in [5.41, 5.74) is 1.24. The van der Waals surface area contributed by atoms with Crippen LogP contribution in [0.2, 0.25) is 0 Å². The molecule has 3 heteroatoms. The highest BCUT2D eigenvalue weighted by Crippen LogP contribution is 2.40. The molecule has 1 aromatic rings. The van der Waals surface area contributed by atoms with Crippen LogP contribution in [0.5, 0.6) is 5.75 Å². The van der Waals surface area contributed by atoms with Crippen molar-refractivity contribution in [1.82, 2.24) is 0 Å². The molecule has 0 aliphatic carbocycles. The number of benzene rings is 1. The molecule has 0 aromatic heterocycles. The molecule has 1 aromatic carbocycles. The third-order valence-corrected chi connectivity index (χ3v) is 3.79. The third kappa shape index (κ3) is 2.05. The van der Waals surface area contributed by atoms with Gasteiger partial charge in [0.1, 0.15) is 5.75 Å². The lowest BCUT2D eigenvalue weighted by Crippen LogP contribution is -2.31. The van der Waals surface area contributed by atoms with Crippen LogP contribution in [0.15, 0.2) is 24.3 Å². The fourth-order valence-electron chi connectivity index (χ4n) is 2.88. The lowest BCUT2D eigenvalue weighted by molar-refractivity contribution is -0.0760. The van der Waals surface area contributed by atoms with E-state index in [1.165, 1.54) is 5.56 Å². The second-order valence-corrected chi connectivity index (χ2v) is 4.71. The summed E-state index contributed by atoms with van der Waals surface area (Å²) in [6, 6.07) is 8.20. The van der Waals surface area contributed by atoms with Gasteiger partial charge >= 0.3 is 0 Å². The predicted molar refractivity (Wildman–Crippen MR) is 64.2 cm³/mol. The largest absolute Gasteiger partial charge is 0.497 e. The molecule has 3 nitrogen and oxygen atoms in total. The van der Waals surface area contributed by atoms with Gasteiger partial charge in [-0.1, -0.05) is 12.1 Å². The van der Waals surface area contributed by atoms with Gasteiger partial charge in [-0.2, -0.15) is 0 Å². The van der Waals surface area contributed by atoms with Crippen LogP contribution in [-0.4, -0.2) is 26.4 Å². The predicted octanol–water partition coefficient (Wildman–Crippen LogP) is 2.56. The van der Waals surface area contributed by atoms with Crippen LogP contribution in [-0.2, 0) is 9.47 Å². The minimum Gasteiger partial charge on any atom is -0.497 e. The summed E-state index contributed by atoms with van der Waals surface area (Å²) in [5, 5.41) is 0. The standard InChI is InChI=1S/C14H18O3/c1-15-11-4-2-10(3-5-11)14-12-6-8-16-13(12)7-9-17-14/h2-5,12-14H,6-9H2,1H3/t12-,13-,14-/m0/s1. The second-order valence-electron chi connectivity index (χ2n) is 4.71. The molecule has 0 radical (unpaired) electrons. The van der Waals surface area contributed by atoms with Gasteiger partial charge in [-0.15, -0.1) is 0 Å². The highest BCUT2D eigenvalue weighted by molar-refractivity contribution is 5.29. The molecule has 0 unspecified atom stereocenters. The smallest absolute Gasteiger partial charge is 0.118 e. The first-order chi connectivity index (χ1) is 8.38. The van der Waals surface area contributed by atoms with Crippen LogP contribution in [0.3, 0.4) is 0 Å². The van der Waals surface area contributed by atoms with Crippen LogP contribution >= 0.6 is 0 Å². The van der Waals surface area contributed by atoms with Gasteiger partial charge in [0.15, 0.2) is 0 Å². The van der Waals surface area contributed by atoms with Crippen molar-refractivity contribution in [3.63, 3.8) is 0 Å². The highest BCUT2D eigenvalue weighted by atomic mass is 16.5. The van der Waals surface area contributed by atoms with E-state index < -0.39 is 0 Å². The quantitative estimate of drug-likeness (QED) is 0.787. The van der Waals surface area contributed by atoms with Crippen molar-refractivity contribution in [2.45, 2.75) is 25.0 Å². The fraction of sp³-hybridized carbons (Fsp3) is 0.571. The van der Waals surface area contributed by atoms with Crippen LogP contribution < -0.4 is 4.74 Å². The lowest BCUT2D eigenvalue weighted by atomic mass is 9.87. The zero-order chi connectivity index (χ0) is 11.7. The van der Waals surface area contributed by atoms with Gasteiger partial charge in [0.2, 0.25) is 0 Å². The van der Waals surface area contributed by atoms with E-state index in [0.29, 0.717) is 12.0 Å². The van der Waals surface area contributed by atoms with Crippen LogP contribution in [0.1, 0.15) is 24.5 Å². The Hall–Kier alpha value is -1.06. The number of ether oxygens (including phenoxy) is 3. The summed E-state index contributed by atoms with van der Waals surface area (Å²) in [5.74, 6) is 1.42. The van der Waals surface area contributed by atoms with Crippen molar-refractivity contribution in [2.24, 2.45) is 5.92 Å². The molecule has 17 heavy (non-hydrogen) atoms. The van der Waals surface area contributed by atoms with Gasteiger partial charge in [-0.25, -0.2) is 0 Å². The van der Waals surface area contributed by atoms with Gasteiger partial charge in [-0.05, 0) is 30.5 Å². The Morgan fingerprint density at radius 2 is 1.82 bits per heavy atom. The monoisotopic (exact) mass is 234 g/mol. The molecule has 2 saturated heterocycles. The van der Waals surface area contributed by atoms with E-state index in [4.69, 9.17) is 14.2 Å². The van der Waals surface area contributed by atoms with Crippen molar-refractivity contribution < 1.29 is 14.2 Å². The maximum absolute atomic E-state index is 5.93. The molecule has 0 saturated carbocycles. The fourth-order valence-corrected chi connectivity index (χ4v) is 2.88. The number of hydrogen-bond donors (Lipinski definition) is 0. The van der Waals surface area contributed by atoms with E-state index in [1.807, 2.05) is 12.1 Å². The highest BCUT2D eigenvalue weighted by Gasteiger charge is 2.39. The zero-order valence-corrected chi connectivity index (χ0v) is 10.1. The van der Waals surface area contributed by atoms with Gasteiger partial charge < -0.3 is 14.2 Å². The minimum atomic E-state index is 0.196. The van der Waals surface area contributed by atoms with E-state index in [1.54, 1.807) is 7.11 Å². The lowest BCUT2D eigenvalue weighted by Gasteiger charge is -2.33. The molecule has 3 atom stereocenters. The molecular formula is C14H18O3. The topological polar surface area (TPSA) is 27.7 Å². The molecule has 2 fully saturated rings. The average Bonchev–Trinajstić information content (AvgIpc) is 2.87. The molecule has 0 N–H and O–H groups in total. The summed E-state index contributed by atoms with van der Waals surface area (Å²) >= 11 is 0. The van der Waals surface area contributed by atoms with Gasteiger partial charge in [-0.3, -0.25) is 0 Å². The first-order valence-electron chi connectivity index (χ1n) is 6.25. The SMILES string of the molecule is COc1ccc([C@@H]2OCC[C@@H]3OCC[C@@H]32)cc1. The first kappa shape index (κ1) is 11.1. The summed E-state index contributed by atoms with van der Waals surface area (Å²) in [4.78, 5) is 0. The Balaban J connectivity index is 1.81. The Morgan fingerprint density at radius 1 is 1.06 bits per heavy atom. The van der Waals surface area contributed by atoms with Gasteiger partial charge in [0.05, 0.1) is 19.3 Å². The number of methoxy groups -OCH3 is 1. The molecular weight excluding hydrogens is 216 g/mol. The van der Waals surface area contributed by atoms with E-state index >= 15 is 0 Å². The summed E-state index contributed by atoms with van der Waals surface area (Å²) in [7, 11) is 1.69. The Kier molecular flexibility index (Phi) is 3.04.